The quantitative estimate of drug-likeness (QED) is 0.786. The van der Waals surface area contributed by atoms with E-state index in [9.17, 15) is 4.79 Å². The van der Waals surface area contributed by atoms with E-state index in [1.807, 2.05) is 36.5 Å². The van der Waals surface area contributed by atoms with E-state index in [2.05, 4.69) is 22.4 Å². The van der Waals surface area contributed by atoms with E-state index < -0.39 is 0 Å². The summed E-state index contributed by atoms with van der Waals surface area (Å²) in [6.45, 7) is 2.23. The first kappa shape index (κ1) is 14.0. The van der Waals surface area contributed by atoms with Crippen LogP contribution in [0.15, 0.2) is 40.9 Å². The van der Waals surface area contributed by atoms with Gasteiger partial charge in [0.25, 0.3) is 0 Å². The lowest BCUT2D eigenvalue weighted by molar-refractivity contribution is -0.116. The number of anilines is 1. The van der Waals surface area contributed by atoms with Gasteiger partial charge in [0.1, 0.15) is 11.5 Å². The van der Waals surface area contributed by atoms with Gasteiger partial charge in [0.05, 0.1) is 0 Å². The molecular formula is C17H18N4O2. The highest BCUT2D eigenvalue weighted by molar-refractivity contribution is 5.89. The second-order valence-corrected chi connectivity index (χ2v) is 6.12. The smallest absolute Gasteiger partial charge is 0.235 e. The standard InChI is InChI=1S/C17H18N4O2/c1-11-10-13(11)14-7-5-12(23-14)6-8-16(22)18-17-20-19-15-4-2-3-9-21(15)17/h2-5,7,9,11,13H,6,8,10H2,1H3,(H,18,20,22)/t11-,13-/m1/s1. The van der Waals surface area contributed by atoms with E-state index >= 15 is 0 Å². The van der Waals surface area contributed by atoms with E-state index in [0.717, 1.165) is 17.4 Å². The molecule has 6 heteroatoms. The minimum Gasteiger partial charge on any atom is -0.466 e. The van der Waals surface area contributed by atoms with Gasteiger partial charge in [-0.15, -0.1) is 10.2 Å². The molecule has 1 amide bonds. The molecule has 0 aliphatic heterocycles. The monoisotopic (exact) mass is 310 g/mol. The van der Waals surface area contributed by atoms with Crippen LogP contribution in [-0.2, 0) is 11.2 Å². The maximum atomic E-state index is 12.1. The molecule has 1 aliphatic carbocycles. The molecule has 0 aromatic carbocycles. The number of aromatic nitrogens is 3. The molecule has 0 bridgehead atoms. The molecule has 118 valence electrons. The van der Waals surface area contributed by atoms with Crippen molar-refractivity contribution >= 4 is 17.5 Å². The summed E-state index contributed by atoms with van der Waals surface area (Å²) in [6, 6.07) is 9.60. The van der Waals surface area contributed by atoms with E-state index in [0.29, 0.717) is 30.4 Å². The maximum Gasteiger partial charge on any atom is 0.235 e. The number of hydrogen-bond donors (Lipinski definition) is 1. The third kappa shape index (κ3) is 2.84. The van der Waals surface area contributed by atoms with Gasteiger partial charge < -0.3 is 4.42 Å². The van der Waals surface area contributed by atoms with Crippen LogP contribution in [0.3, 0.4) is 0 Å². The lowest BCUT2D eigenvalue weighted by Crippen LogP contribution is -2.14. The van der Waals surface area contributed by atoms with E-state index in [4.69, 9.17) is 4.42 Å². The fraction of sp³-hybridized carbons (Fsp3) is 0.353. The number of hydrogen-bond acceptors (Lipinski definition) is 4. The van der Waals surface area contributed by atoms with Crippen molar-refractivity contribution in [2.45, 2.75) is 32.1 Å². The zero-order chi connectivity index (χ0) is 15.8. The summed E-state index contributed by atoms with van der Waals surface area (Å²) in [5, 5.41) is 10.8. The van der Waals surface area contributed by atoms with Crippen molar-refractivity contribution < 1.29 is 9.21 Å². The number of furan rings is 1. The Kier molecular flexibility index (Phi) is 3.37. The predicted octanol–water partition coefficient (Wildman–Crippen LogP) is 3.02. The van der Waals surface area contributed by atoms with Crippen LogP contribution in [0.2, 0.25) is 0 Å². The summed E-state index contributed by atoms with van der Waals surface area (Å²) in [5.41, 5.74) is 0.706. The van der Waals surface area contributed by atoms with Crippen molar-refractivity contribution in [3.63, 3.8) is 0 Å². The Balaban J connectivity index is 1.36. The van der Waals surface area contributed by atoms with Gasteiger partial charge in [-0.3, -0.25) is 14.5 Å². The Hall–Kier alpha value is -2.63. The summed E-state index contributed by atoms with van der Waals surface area (Å²) in [4.78, 5) is 12.1. The van der Waals surface area contributed by atoms with Crippen molar-refractivity contribution in [3.05, 3.63) is 48.0 Å². The number of nitrogens with zero attached hydrogens (tertiary/aromatic N) is 3. The average molecular weight is 310 g/mol. The van der Waals surface area contributed by atoms with Gasteiger partial charge in [0.2, 0.25) is 11.9 Å². The SMILES string of the molecule is C[C@@H]1C[C@H]1c1ccc(CCC(=O)Nc2nnc3ccccn23)o1. The maximum absolute atomic E-state index is 12.1. The minimum absolute atomic E-state index is 0.0964. The number of aryl methyl sites for hydroxylation is 1. The van der Waals surface area contributed by atoms with Crippen molar-refractivity contribution in [3.8, 4) is 0 Å². The topological polar surface area (TPSA) is 72.4 Å². The molecule has 1 saturated carbocycles. The first-order chi connectivity index (χ1) is 11.2. The fourth-order valence-corrected chi connectivity index (χ4v) is 2.80. The normalized spacial score (nSPS) is 19.9. The number of amides is 1. The summed E-state index contributed by atoms with van der Waals surface area (Å²) in [7, 11) is 0. The molecule has 0 saturated heterocycles. The molecule has 0 unspecified atom stereocenters. The third-order valence-corrected chi connectivity index (χ3v) is 4.32. The van der Waals surface area contributed by atoms with Crippen LogP contribution in [0.4, 0.5) is 5.95 Å². The Labute approximate surface area is 133 Å². The highest BCUT2D eigenvalue weighted by Crippen LogP contribution is 2.47. The average Bonchev–Trinajstić information content (AvgIpc) is 2.98. The van der Waals surface area contributed by atoms with E-state index in [1.165, 1.54) is 6.42 Å². The Morgan fingerprint density at radius 2 is 2.22 bits per heavy atom. The summed E-state index contributed by atoms with van der Waals surface area (Å²) < 4.78 is 7.57. The third-order valence-electron chi connectivity index (χ3n) is 4.32. The molecule has 1 N–H and O–H groups in total. The second-order valence-electron chi connectivity index (χ2n) is 6.12. The Morgan fingerprint density at radius 1 is 1.35 bits per heavy atom. The van der Waals surface area contributed by atoms with Gasteiger partial charge >= 0.3 is 0 Å². The first-order valence-electron chi connectivity index (χ1n) is 7.89. The largest absolute Gasteiger partial charge is 0.466 e. The summed E-state index contributed by atoms with van der Waals surface area (Å²) >= 11 is 0. The van der Waals surface area contributed by atoms with Gasteiger partial charge in [0, 0.05) is 25.0 Å². The number of fused-ring (bicyclic) bond motifs is 1. The van der Waals surface area contributed by atoms with Gasteiger partial charge in [-0.1, -0.05) is 13.0 Å². The van der Waals surface area contributed by atoms with E-state index in [-0.39, 0.29) is 5.91 Å². The highest BCUT2D eigenvalue weighted by atomic mass is 16.3. The molecule has 23 heavy (non-hydrogen) atoms. The second kappa shape index (κ2) is 5.53. The van der Waals surface area contributed by atoms with Crippen LogP contribution in [0.25, 0.3) is 5.65 Å². The van der Waals surface area contributed by atoms with Crippen LogP contribution in [0, 0.1) is 5.92 Å². The van der Waals surface area contributed by atoms with Crippen molar-refractivity contribution in [1.29, 1.82) is 0 Å². The summed E-state index contributed by atoms with van der Waals surface area (Å²) in [5.74, 6) is 3.55. The van der Waals surface area contributed by atoms with Crippen molar-refractivity contribution in [1.82, 2.24) is 14.6 Å². The molecule has 3 aromatic rings. The highest BCUT2D eigenvalue weighted by Gasteiger charge is 2.36. The molecular weight excluding hydrogens is 292 g/mol. The fourth-order valence-electron chi connectivity index (χ4n) is 2.80. The van der Waals surface area contributed by atoms with Crippen molar-refractivity contribution in [2.24, 2.45) is 5.92 Å². The lowest BCUT2D eigenvalue weighted by atomic mass is 10.2. The zero-order valence-corrected chi connectivity index (χ0v) is 12.9. The molecule has 0 spiro atoms. The van der Waals surface area contributed by atoms with Gasteiger partial charge in [-0.05, 0) is 36.6 Å². The Bertz CT molecular complexity index is 851. The molecule has 3 heterocycles. The van der Waals surface area contributed by atoms with Crippen LogP contribution in [0.5, 0.6) is 0 Å². The van der Waals surface area contributed by atoms with Crippen LogP contribution >= 0.6 is 0 Å². The molecule has 1 aliphatic rings. The number of carbonyl (C=O) groups excluding carboxylic acids is 1. The zero-order valence-electron chi connectivity index (χ0n) is 12.9. The molecule has 4 rings (SSSR count). The van der Waals surface area contributed by atoms with Gasteiger partial charge in [-0.25, -0.2) is 0 Å². The number of pyridine rings is 1. The molecule has 0 radical (unpaired) electrons. The molecule has 2 atom stereocenters. The predicted molar refractivity (Wildman–Crippen MR) is 85.2 cm³/mol. The summed E-state index contributed by atoms with van der Waals surface area (Å²) in [6.07, 6.45) is 3.96. The molecule has 1 fully saturated rings. The van der Waals surface area contributed by atoms with Gasteiger partial charge in [0.15, 0.2) is 5.65 Å². The lowest BCUT2D eigenvalue weighted by Gasteiger charge is -2.02. The van der Waals surface area contributed by atoms with Crippen LogP contribution in [0.1, 0.15) is 37.2 Å². The Morgan fingerprint density at radius 3 is 3.04 bits per heavy atom. The molecule has 6 nitrogen and oxygen atoms in total. The minimum atomic E-state index is -0.0964. The molecule has 3 aromatic heterocycles. The first-order valence-corrected chi connectivity index (χ1v) is 7.89. The number of nitrogens with one attached hydrogen (secondary N) is 1. The van der Waals surface area contributed by atoms with Crippen molar-refractivity contribution in [2.75, 3.05) is 5.32 Å². The number of rotatable bonds is 5. The van der Waals surface area contributed by atoms with Crippen LogP contribution in [-0.4, -0.2) is 20.5 Å². The van der Waals surface area contributed by atoms with E-state index in [1.54, 1.807) is 4.40 Å². The van der Waals surface area contributed by atoms with Crippen LogP contribution < -0.4 is 5.32 Å². The number of carbonyl (C=O) groups is 1. The van der Waals surface area contributed by atoms with Gasteiger partial charge in [-0.2, -0.15) is 0 Å².